The molecule has 0 saturated heterocycles. The predicted molar refractivity (Wildman–Crippen MR) is 170 cm³/mol. The van der Waals surface area contributed by atoms with Crippen molar-refractivity contribution in [3.8, 4) is 17.3 Å². The summed E-state index contributed by atoms with van der Waals surface area (Å²) in [5, 5.41) is 5.52. The molecule has 0 amide bonds. The van der Waals surface area contributed by atoms with Gasteiger partial charge in [0.25, 0.3) is 0 Å². The summed E-state index contributed by atoms with van der Waals surface area (Å²) in [6.07, 6.45) is 3.83. The first-order valence-electron chi connectivity index (χ1n) is 13.7. The number of thiophene rings is 1. The summed E-state index contributed by atoms with van der Waals surface area (Å²) in [6, 6.07) is 36.2. The Balaban J connectivity index is 0.00000288. The number of rotatable bonds is 3. The van der Waals surface area contributed by atoms with E-state index < -0.39 is 0 Å². The molecule has 0 radical (unpaired) electrons. The van der Waals surface area contributed by atoms with E-state index in [1.54, 1.807) is 11.3 Å². The van der Waals surface area contributed by atoms with Crippen molar-refractivity contribution in [3.63, 3.8) is 0 Å². The Morgan fingerprint density at radius 1 is 0.786 bits per heavy atom. The van der Waals surface area contributed by atoms with Gasteiger partial charge < -0.3 is 9.30 Å². The SMILES string of the molecule is CC(C)(C)c1cnc2c(c1)sc1ccc3ccc(Oc4[c-]c5c(cc4)c4ccccc4n5-c4ccccn4)[c-]c3c12.[Pt+2]. The maximum absolute atomic E-state index is 6.42. The van der Waals surface area contributed by atoms with E-state index in [0.29, 0.717) is 11.5 Å². The van der Waals surface area contributed by atoms with Crippen molar-refractivity contribution in [2.75, 3.05) is 0 Å². The van der Waals surface area contributed by atoms with Gasteiger partial charge in [0, 0.05) is 39.6 Å². The average Bonchev–Trinajstić information content (AvgIpc) is 3.52. The smallest absolute Gasteiger partial charge is 0.503 e. The number of nitrogens with zero attached hydrogens (tertiary/aromatic N) is 3. The van der Waals surface area contributed by atoms with E-state index in [9.17, 15) is 0 Å². The van der Waals surface area contributed by atoms with Crippen LogP contribution in [-0.4, -0.2) is 14.5 Å². The summed E-state index contributed by atoms with van der Waals surface area (Å²) in [6.45, 7) is 6.67. The zero-order valence-electron chi connectivity index (χ0n) is 23.2. The van der Waals surface area contributed by atoms with Gasteiger partial charge in [0.15, 0.2) is 0 Å². The van der Waals surface area contributed by atoms with E-state index >= 15 is 0 Å². The summed E-state index contributed by atoms with van der Waals surface area (Å²) in [5.41, 5.74) is 4.31. The first-order valence-corrected chi connectivity index (χ1v) is 14.5. The molecule has 4 aromatic carbocycles. The van der Waals surface area contributed by atoms with E-state index in [4.69, 9.17) is 9.72 Å². The van der Waals surface area contributed by atoms with Gasteiger partial charge in [-0.05, 0) is 45.3 Å². The normalized spacial score (nSPS) is 12.0. The summed E-state index contributed by atoms with van der Waals surface area (Å²) >= 11 is 1.78. The van der Waals surface area contributed by atoms with E-state index in [1.807, 2.05) is 42.7 Å². The van der Waals surface area contributed by atoms with Crippen molar-refractivity contribution < 1.29 is 25.8 Å². The second-order valence-corrected chi connectivity index (χ2v) is 12.5. The van der Waals surface area contributed by atoms with Crippen LogP contribution in [0.25, 0.3) is 58.7 Å². The monoisotopic (exact) mass is 742 g/mol. The van der Waals surface area contributed by atoms with Crippen molar-refractivity contribution in [1.82, 2.24) is 14.5 Å². The van der Waals surface area contributed by atoms with Crippen molar-refractivity contribution in [1.29, 1.82) is 0 Å². The molecule has 206 valence electrons. The molecule has 4 heterocycles. The van der Waals surface area contributed by atoms with E-state index in [-0.39, 0.29) is 26.5 Å². The number of para-hydroxylation sites is 1. The van der Waals surface area contributed by atoms with Gasteiger partial charge in [-0.2, -0.15) is 6.07 Å². The van der Waals surface area contributed by atoms with Gasteiger partial charge in [0.05, 0.1) is 0 Å². The quantitative estimate of drug-likeness (QED) is 0.169. The first kappa shape index (κ1) is 26.8. The van der Waals surface area contributed by atoms with Crippen LogP contribution >= 0.6 is 11.3 Å². The molecule has 0 aliphatic heterocycles. The van der Waals surface area contributed by atoms with Crippen molar-refractivity contribution in [3.05, 3.63) is 115 Å². The van der Waals surface area contributed by atoms with Crippen LogP contribution in [0.3, 0.4) is 0 Å². The maximum atomic E-state index is 6.42. The van der Waals surface area contributed by atoms with Gasteiger partial charge in [-0.1, -0.05) is 74.1 Å². The van der Waals surface area contributed by atoms with E-state index in [1.165, 1.54) is 15.0 Å². The minimum atomic E-state index is 0. The Labute approximate surface area is 261 Å². The fraction of sp³-hybridized carbons (Fsp3) is 0.111. The Kier molecular flexibility index (Phi) is 6.41. The number of hydrogen-bond donors (Lipinski definition) is 0. The average molecular weight is 743 g/mol. The molecule has 4 aromatic heterocycles. The summed E-state index contributed by atoms with van der Waals surface area (Å²) in [7, 11) is 0. The second kappa shape index (κ2) is 10.0. The molecule has 0 atom stereocenters. The Morgan fingerprint density at radius 3 is 2.40 bits per heavy atom. The van der Waals surface area contributed by atoms with E-state index in [0.717, 1.165) is 49.3 Å². The minimum Gasteiger partial charge on any atom is -0.503 e. The molecule has 8 aromatic rings. The van der Waals surface area contributed by atoms with Crippen LogP contribution in [0.2, 0.25) is 0 Å². The number of benzene rings is 4. The zero-order valence-corrected chi connectivity index (χ0v) is 26.3. The molecular weight excluding hydrogens is 718 g/mol. The molecule has 0 aliphatic rings. The molecule has 0 unspecified atom stereocenters. The standard InChI is InChI=1S/C36H25N3OS.Pt/c1-36(2,3)23-18-32-35(38-21-23)34-28-19-24(13-11-22(28)12-16-31(34)41-32)40-25-14-15-27-26-8-4-5-9-29(26)39(30(27)20-25)33-10-6-7-17-37-33;/h4-18,21H,1-3H3;/q-2;+2. The summed E-state index contributed by atoms with van der Waals surface area (Å²) in [5.74, 6) is 2.12. The van der Waals surface area contributed by atoms with Crippen LogP contribution in [0, 0.1) is 12.1 Å². The van der Waals surface area contributed by atoms with Crippen LogP contribution in [0.1, 0.15) is 26.3 Å². The third kappa shape index (κ3) is 4.31. The van der Waals surface area contributed by atoms with Crippen LogP contribution < -0.4 is 4.74 Å². The molecule has 0 fully saturated rings. The number of hydrogen-bond acceptors (Lipinski definition) is 4. The Hall–Kier alpha value is -4.05. The first-order chi connectivity index (χ1) is 19.9. The molecule has 0 spiro atoms. The van der Waals surface area contributed by atoms with Gasteiger partial charge in [0.2, 0.25) is 0 Å². The van der Waals surface area contributed by atoms with Crippen LogP contribution in [-0.2, 0) is 26.5 Å². The zero-order chi connectivity index (χ0) is 27.7. The summed E-state index contributed by atoms with van der Waals surface area (Å²) < 4.78 is 11.0. The van der Waals surface area contributed by atoms with Gasteiger partial charge in [0.1, 0.15) is 5.82 Å². The van der Waals surface area contributed by atoms with Crippen molar-refractivity contribution >= 4 is 64.2 Å². The fourth-order valence-electron chi connectivity index (χ4n) is 5.60. The number of aromatic nitrogens is 3. The molecule has 42 heavy (non-hydrogen) atoms. The molecule has 0 aliphatic carbocycles. The van der Waals surface area contributed by atoms with Gasteiger partial charge in [-0.15, -0.1) is 51.8 Å². The third-order valence-corrected chi connectivity index (χ3v) is 8.78. The second-order valence-electron chi connectivity index (χ2n) is 11.4. The van der Waals surface area contributed by atoms with Gasteiger partial charge in [-0.25, -0.2) is 4.98 Å². The van der Waals surface area contributed by atoms with Crippen molar-refractivity contribution in [2.45, 2.75) is 26.2 Å². The van der Waals surface area contributed by atoms with Gasteiger partial charge in [-0.3, -0.25) is 4.98 Å². The fourth-order valence-corrected chi connectivity index (χ4v) is 6.71. The number of pyridine rings is 2. The topological polar surface area (TPSA) is 39.9 Å². The summed E-state index contributed by atoms with van der Waals surface area (Å²) in [4.78, 5) is 9.56. The molecule has 6 heteroatoms. The molecular formula is C36H25N3OPtS. The minimum absolute atomic E-state index is 0. The third-order valence-electron chi connectivity index (χ3n) is 7.69. The molecule has 8 rings (SSSR count). The predicted octanol–water partition coefficient (Wildman–Crippen LogP) is 9.78. The maximum Gasteiger partial charge on any atom is 2.00 e. The van der Waals surface area contributed by atoms with Crippen molar-refractivity contribution in [2.24, 2.45) is 0 Å². The molecule has 0 N–H and O–H groups in total. The number of fused-ring (bicyclic) bond motifs is 8. The molecule has 0 bridgehead atoms. The van der Waals surface area contributed by atoms with Crippen LogP contribution in [0.5, 0.6) is 11.5 Å². The number of ether oxygens (including phenoxy) is 1. The molecule has 4 nitrogen and oxygen atoms in total. The van der Waals surface area contributed by atoms with E-state index in [2.05, 4.69) is 97.1 Å². The molecule has 0 saturated carbocycles. The Bertz CT molecular complexity index is 2280. The van der Waals surface area contributed by atoms with Crippen LogP contribution in [0.15, 0.2) is 97.3 Å². The Morgan fingerprint density at radius 2 is 1.57 bits per heavy atom. The largest absolute Gasteiger partial charge is 2.00 e. The van der Waals surface area contributed by atoms with Crippen LogP contribution in [0.4, 0.5) is 0 Å². The van der Waals surface area contributed by atoms with Gasteiger partial charge >= 0.3 is 21.1 Å².